The molecule has 0 aliphatic carbocycles. The van der Waals surface area contributed by atoms with Crippen molar-refractivity contribution in [2.75, 3.05) is 6.61 Å². The number of nitriles is 1. The van der Waals surface area contributed by atoms with Crippen LogP contribution in [-0.2, 0) is 9.53 Å². The normalized spacial score (nSPS) is 11.7. The highest BCUT2D eigenvalue weighted by Gasteiger charge is 2.27. The highest BCUT2D eigenvalue weighted by atomic mass is 16.5. The summed E-state index contributed by atoms with van der Waals surface area (Å²) in [6.45, 7) is 3.77. The van der Waals surface area contributed by atoms with Crippen molar-refractivity contribution in [1.29, 1.82) is 5.26 Å². The van der Waals surface area contributed by atoms with Gasteiger partial charge in [0.15, 0.2) is 11.7 Å². The molecule has 0 saturated carbocycles. The molecule has 2 aromatic rings. The summed E-state index contributed by atoms with van der Waals surface area (Å²) in [5, 5.41) is 8.93. The van der Waals surface area contributed by atoms with E-state index in [1.165, 1.54) is 6.21 Å². The van der Waals surface area contributed by atoms with Gasteiger partial charge in [0, 0.05) is 11.8 Å². The quantitative estimate of drug-likeness (QED) is 0.350. The zero-order chi connectivity index (χ0) is 18.2. The highest BCUT2D eigenvalue weighted by molar-refractivity contribution is 6.18. The van der Waals surface area contributed by atoms with Crippen LogP contribution in [0.2, 0.25) is 0 Å². The number of nitrogens with zero attached hydrogens (tertiary/aromatic N) is 2. The SMILES string of the molecule is CCOC(=O)C(C=Nc1cccc(C#N)c1)C(=O)c1ccc(C)cc1. The summed E-state index contributed by atoms with van der Waals surface area (Å²) < 4.78 is 5.00. The van der Waals surface area contributed by atoms with Crippen LogP contribution in [0.3, 0.4) is 0 Å². The van der Waals surface area contributed by atoms with E-state index in [0.717, 1.165) is 5.56 Å². The van der Waals surface area contributed by atoms with Crippen LogP contribution in [0.4, 0.5) is 5.69 Å². The van der Waals surface area contributed by atoms with E-state index >= 15 is 0 Å². The minimum atomic E-state index is -1.13. The monoisotopic (exact) mass is 334 g/mol. The molecule has 0 spiro atoms. The molecule has 2 rings (SSSR count). The van der Waals surface area contributed by atoms with Crippen LogP contribution in [0.25, 0.3) is 0 Å². The van der Waals surface area contributed by atoms with Crippen LogP contribution in [0, 0.1) is 24.2 Å². The molecule has 0 aliphatic rings. The van der Waals surface area contributed by atoms with Gasteiger partial charge in [0.25, 0.3) is 0 Å². The van der Waals surface area contributed by atoms with Crippen LogP contribution in [0.15, 0.2) is 53.5 Å². The lowest BCUT2D eigenvalue weighted by atomic mass is 9.98. The zero-order valence-corrected chi connectivity index (χ0v) is 14.1. The second kappa shape index (κ2) is 8.55. The van der Waals surface area contributed by atoms with E-state index in [1.54, 1.807) is 43.3 Å². The number of ketones is 1. The van der Waals surface area contributed by atoms with Gasteiger partial charge in [-0.2, -0.15) is 5.26 Å². The number of hydrogen-bond donors (Lipinski definition) is 0. The second-order valence-electron chi connectivity index (χ2n) is 5.40. The van der Waals surface area contributed by atoms with Gasteiger partial charge in [-0.3, -0.25) is 14.6 Å². The molecule has 0 amide bonds. The van der Waals surface area contributed by atoms with E-state index in [-0.39, 0.29) is 12.4 Å². The lowest BCUT2D eigenvalue weighted by molar-refractivity contribution is -0.143. The van der Waals surface area contributed by atoms with Gasteiger partial charge >= 0.3 is 5.97 Å². The summed E-state index contributed by atoms with van der Waals surface area (Å²) in [5.74, 6) is -2.15. The summed E-state index contributed by atoms with van der Waals surface area (Å²) in [6, 6.07) is 15.6. The number of esters is 1. The molecular weight excluding hydrogens is 316 g/mol. The van der Waals surface area contributed by atoms with Crippen LogP contribution >= 0.6 is 0 Å². The van der Waals surface area contributed by atoms with Crippen LogP contribution in [0.1, 0.15) is 28.4 Å². The van der Waals surface area contributed by atoms with Gasteiger partial charge in [-0.05, 0) is 32.0 Å². The Morgan fingerprint density at radius 1 is 1.24 bits per heavy atom. The molecule has 0 radical (unpaired) electrons. The van der Waals surface area contributed by atoms with Gasteiger partial charge < -0.3 is 4.74 Å². The third-order valence-corrected chi connectivity index (χ3v) is 3.51. The minimum Gasteiger partial charge on any atom is -0.465 e. The molecule has 0 aromatic heterocycles. The fourth-order valence-electron chi connectivity index (χ4n) is 2.18. The average molecular weight is 334 g/mol. The maximum atomic E-state index is 12.7. The Bertz CT molecular complexity index is 833. The first kappa shape index (κ1) is 18.1. The molecule has 0 fully saturated rings. The second-order valence-corrected chi connectivity index (χ2v) is 5.40. The Balaban J connectivity index is 2.30. The highest BCUT2D eigenvalue weighted by Crippen LogP contribution is 2.16. The zero-order valence-electron chi connectivity index (χ0n) is 14.1. The van der Waals surface area contributed by atoms with E-state index in [0.29, 0.717) is 16.8 Å². The molecular formula is C20H18N2O3. The molecule has 1 unspecified atom stereocenters. The van der Waals surface area contributed by atoms with Crippen molar-refractivity contribution in [3.05, 3.63) is 65.2 Å². The van der Waals surface area contributed by atoms with E-state index in [1.807, 2.05) is 25.1 Å². The number of aryl methyl sites for hydroxylation is 1. The third-order valence-electron chi connectivity index (χ3n) is 3.51. The van der Waals surface area contributed by atoms with E-state index in [9.17, 15) is 9.59 Å². The lowest BCUT2D eigenvalue weighted by Crippen LogP contribution is -2.27. The molecule has 126 valence electrons. The summed E-state index contributed by atoms with van der Waals surface area (Å²) in [6.07, 6.45) is 1.27. The number of carbonyl (C=O) groups is 2. The molecule has 5 nitrogen and oxygen atoms in total. The Kier molecular flexibility index (Phi) is 6.19. The predicted molar refractivity (Wildman–Crippen MR) is 94.9 cm³/mol. The summed E-state index contributed by atoms with van der Waals surface area (Å²) in [5.41, 5.74) is 2.38. The molecule has 25 heavy (non-hydrogen) atoms. The molecule has 2 aromatic carbocycles. The fraction of sp³-hybridized carbons (Fsp3) is 0.200. The third kappa shape index (κ3) is 4.85. The van der Waals surface area contributed by atoms with Crippen molar-refractivity contribution < 1.29 is 14.3 Å². The molecule has 0 aliphatic heterocycles. The number of benzene rings is 2. The van der Waals surface area contributed by atoms with Crippen molar-refractivity contribution in [3.63, 3.8) is 0 Å². The Hall–Kier alpha value is -3.26. The first-order chi connectivity index (χ1) is 12.0. The van der Waals surface area contributed by atoms with Gasteiger partial charge in [0.2, 0.25) is 0 Å². The molecule has 0 N–H and O–H groups in total. The smallest absolute Gasteiger partial charge is 0.322 e. The molecule has 5 heteroatoms. The van der Waals surface area contributed by atoms with Gasteiger partial charge in [-0.25, -0.2) is 0 Å². The molecule has 1 atom stereocenters. The minimum absolute atomic E-state index is 0.175. The van der Waals surface area contributed by atoms with Crippen molar-refractivity contribution in [2.24, 2.45) is 10.9 Å². The Morgan fingerprint density at radius 3 is 2.60 bits per heavy atom. The lowest BCUT2D eigenvalue weighted by Gasteiger charge is -2.10. The topological polar surface area (TPSA) is 79.5 Å². The number of carbonyl (C=O) groups excluding carboxylic acids is 2. The first-order valence-electron chi connectivity index (χ1n) is 7.87. The Labute approximate surface area is 146 Å². The number of Topliss-reactive ketones (excluding diaryl/α,β-unsaturated/α-hetero) is 1. The maximum Gasteiger partial charge on any atom is 0.322 e. The summed E-state index contributed by atoms with van der Waals surface area (Å²) >= 11 is 0. The van der Waals surface area contributed by atoms with Crippen molar-refractivity contribution >= 4 is 23.7 Å². The van der Waals surface area contributed by atoms with Crippen molar-refractivity contribution in [1.82, 2.24) is 0 Å². The molecule has 0 heterocycles. The Morgan fingerprint density at radius 2 is 1.96 bits per heavy atom. The summed E-state index contributed by atoms with van der Waals surface area (Å²) in [7, 11) is 0. The van der Waals surface area contributed by atoms with Crippen LogP contribution in [0.5, 0.6) is 0 Å². The van der Waals surface area contributed by atoms with E-state index < -0.39 is 11.9 Å². The van der Waals surface area contributed by atoms with Gasteiger partial charge in [0.05, 0.1) is 23.9 Å². The van der Waals surface area contributed by atoms with E-state index in [4.69, 9.17) is 10.00 Å². The average Bonchev–Trinajstić information content (AvgIpc) is 2.62. The van der Waals surface area contributed by atoms with Gasteiger partial charge in [0.1, 0.15) is 0 Å². The number of rotatable bonds is 6. The van der Waals surface area contributed by atoms with Crippen LogP contribution in [-0.4, -0.2) is 24.6 Å². The number of hydrogen-bond acceptors (Lipinski definition) is 5. The molecule has 0 bridgehead atoms. The largest absolute Gasteiger partial charge is 0.465 e. The standard InChI is InChI=1S/C20H18N2O3/c1-3-25-20(24)18(19(23)16-9-7-14(2)8-10-16)13-22-17-6-4-5-15(11-17)12-21/h4-11,13,18H,3H2,1-2H3. The predicted octanol–water partition coefficient (Wildman–Crippen LogP) is 3.63. The van der Waals surface area contributed by atoms with E-state index in [2.05, 4.69) is 4.99 Å². The summed E-state index contributed by atoms with van der Waals surface area (Å²) in [4.78, 5) is 29.0. The number of ether oxygens (including phenoxy) is 1. The van der Waals surface area contributed by atoms with Crippen molar-refractivity contribution in [3.8, 4) is 6.07 Å². The van der Waals surface area contributed by atoms with Gasteiger partial charge in [-0.1, -0.05) is 35.9 Å². The van der Waals surface area contributed by atoms with Crippen molar-refractivity contribution in [2.45, 2.75) is 13.8 Å². The molecule has 0 saturated heterocycles. The van der Waals surface area contributed by atoms with Crippen LogP contribution < -0.4 is 0 Å². The number of aliphatic imine (C=N–C) groups is 1. The maximum absolute atomic E-state index is 12.7. The first-order valence-corrected chi connectivity index (χ1v) is 7.87. The van der Waals surface area contributed by atoms with Gasteiger partial charge in [-0.15, -0.1) is 0 Å². The fourth-order valence-corrected chi connectivity index (χ4v) is 2.18.